The first-order valence-electron chi connectivity index (χ1n) is 5.88. The van der Waals surface area contributed by atoms with Crippen molar-refractivity contribution in [1.29, 1.82) is 5.26 Å². The van der Waals surface area contributed by atoms with Crippen LogP contribution in [0.4, 0.5) is 0 Å². The highest BCUT2D eigenvalue weighted by atomic mass is 16.6. The van der Waals surface area contributed by atoms with Gasteiger partial charge in [0.25, 0.3) is 0 Å². The van der Waals surface area contributed by atoms with Crippen LogP contribution in [0.15, 0.2) is 0 Å². The Labute approximate surface area is 115 Å². The van der Waals surface area contributed by atoms with Gasteiger partial charge in [-0.2, -0.15) is 5.26 Å². The highest BCUT2D eigenvalue weighted by Crippen LogP contribution is 2.24. The van der Waals surface area contributed by atoms with Crippen molar-refractivity contribution in [2.75, 3.05) is 6.61 Å². The first-order chi connectivity index (χ1) is 9.35. The second kappa shape index (κ2) is 6.86. The van der Waals surface area contributed by atoms with Gasteiger partial charge in [-0.15, -0.1) is 0 Å². The predicted molar refractivity (Wildman–Crippen MR) is 62.0 cm³/mol. The van der Waals surface area contributed by atoms with Crippen LogP contribution < -0.4 is 0 Å². The SMILES string of the molecule is CC(=O)O[C@H]1[C@H](OC(C)=O)[C@H](OC(C)=O)CO[C@@H]1C#N. The molecule has 1 aliphatic heterocycles. The highest BCUT2D eigenvalue weighted by Gasteiger charge is 2.46. The molecule has 0 aromatic carbocycles. The van der Waals surface area contributed by atoms with Gasteiger partial charge in [-0.05, 0) is 0 Å². The lowest BCUT2D eigenvalue weighted by Crippen LogP contribution is -2.57. The molecule has 1 fully saturated rings. The maximum absolute atomic E-state index is 11.1. The molecule has 0 aromatic rings. The number of esters is 3. The maximum Gasteiger partial charge on any atom is 0.303 e. The Morgan fingerprint density at radius 2 is 1.50 bits per heavy atom. The fourth-order valence-electron chi connectivity index (χ4n) is 1.85. The highest BCUT2D eigenvalue weighted by molar-refractivity contribution is 5.68. The molecule has 0 amide bonds. The number of carbonyl (C=O) groups excluding carboxylic acids is 3. The minimum atomic E-state index is -1.15. The zero-order valence-electron chi connectivity index (χ0n) is 11.3. The van der Waals surface area contributed by atoms with E-state index in [9.17, 15) is 14.4 Å². The van der Waals surface area contributed by atoms with Crippen LogP contribution in [0.3, 0.4) is 0 Å². The molecule has 4 atom stereocenters. The molecule has 0 bridgehead atoms. The van der Waals surface area contributed by atoms with Crippen molar-refractivity contribution < 1.29 is 33.3 Å². The van der Waals surface area contributed by atoms with E-state index >= 15 is 0 Å². The quantitative estimate of drug-likeness (QED) is 0.513. The summed E-state index contributed by atoms with van der Waals surface area (Å²) in [6.07, 6.45) is -4.28. The van der Waals surface area contributed by atoms with Crippen LogP contribution in [0.5, 0.6) is 0 Å². The molecule has 1 heterocycles. The van der Waals surface area contributed by atoms with Crippen LogP contribution in [-0.2, 0) is 33.3 Å². The molecule has 0 spiro atoms. The molecule has 0 aliphatic carbocycles. The molecule has 0 unspecified atom stereocenters. The normalized spacial score (nSPS) is 28.9. The lowest BCUT2D eigenvalue weighted by Gasteiger charge is -2.37. The largest absolute Gasteiger partial charge is 0.456 e. The average Bonchev–Trinajstić information content (AvgIpc) is 2.31. The molecule has 1 aliphatic rings. The number of nitrogens with zero attached hydrogens (tertiary/aromatic N) is 1. The third-order valence-electron chi connectivity index (χ3n) is 2.48. The zero-order chi connectivity index (χ0) is 15.3. The fourth-order valence-corrected chi connectivity index (χ4v) is 1.85. The molecule has 0 saturated carbocycles. The first kappa shape index (κ1) is 15.9. The number of carbonyl (C=O) groups is 3. The molecule has 1 saturated heterocycles. The Morgan fingerprint density at radius 3 is 1.95 bits per heavy atom. The summed E-state index contributed by atoms with van der Waals surface area (Å²) >= 11 is 0. The molecular formula is C12H15NO7. The molecule has 8 nitrogen and oxygen atoms in total. The van der Waals surface area contributed by atoms with E-state index in [1.165, 1.54) is 6.92 Å². The molecular weight excluding hydrogens is 270 g/mol. The number of hydrogen-bond donors (Lipinski definition) is 0. The molecule has 0 aromatic heterocycles. The summed E-state index contributed by atoms with van der Waals surface area (Å²) in [7, 11) is 0. The third-order valence-corrected chi connectivity index (χ3v) is 2.48. The van der Waals surface area contributed by atoms with Crippen molar-refractivity contribution in [2.45, 2.75) is 45.2 Å². The molecule has 110 valence electrons. The van der Waals surface area contributed by atoms with Gasteiger partial charge in [0.05, 0.1) is 12.7 Å². The smallest absolute Gasteiger partial charge is 0.303 e. The summed E-state index contributed by atoms with van der Waals surface area (Å²) in [4.78, 5) is 33.3. The first-order valence-corrected chi connectivity index (χ1v) is 5.88. The van der Waals surface area contributed by atoms with Gasteiger partial charge in [0.15, 0.2) is 24.4 Å². The number of hydrogen-bond acceptors (Lipinski definition) is 8. The van der Waals surface area contributed by atoms with Crippen LogP contribution in [0.1, 0.15) is 20.8 Å². The standard InChI is InChI=1S/C12H15NO7/c1-6(14)18-10-5-17-9(4-13)11(19-7(2)15)12(10)20-8(3)16/h9-12H,5H2,1-3H3/t9-,10-,11-,12-/m1/s1. The lowest BCUT2D eigenvalue weighted by atomic mass is 10.00. The number of rotatable bonds is 3. The minimum absolute atomic E-state index is 0.131. The summed E-state index contributed by atoms with van der Waals surface area (Å²) in [5, 5.41) is 8.98. The van der Waals surface area contributed by atoms with Gasteiger partial charge in [0.2, 0.25) is 0 Å². The molecule has 1 rings (SSSR count). The minimum Gasteiger partial charge on any atom is -0.456 e. The van der Waals surface area contributed by atoms with Crippen molar-refractivity contribution >= 4 is 17.9 Å². The summed E-state index contributed by atoms with van der Waals surface area (Å²) in [5.74, 6) is -1.92. The number of nitriles is 1. The van der Waals surface area contributed by atoms with E-state index in [-0.39, 0.29) is 6.61 Å². The van der Waals surface area contributed by atoms with Gasteiger partial charge in [-0.3, -0.25) is 14.4 Å². The van der Waals surface area contributed by atoms with E-state index in [0.717, 1.165) is 13.8 Å². The van der Waals surface area contributed by atoms with Crippen LogP contribution >= 0.6 is 0 Å². The molecule has 8 heteroatoms. The molecule has 20 heavy (non-hydrogen) atoms. The van der Waals surface area contributed by atoms with Crippen LogP contribution in [0.2, 0.25) is 0 Å². The molecule has 0 radical (unpaired) electrons. The van der Waals surface area contributed by atoms with Gasteiger partial charge in [-0.25, -0.2) is 0 Å². The van der Waals surface area contributed by atoms with E-state index < -0.39 is 42.3 Å². The van der Waals surface area contributed by atoms with Crippen LogP contribution in [-0.4, -0.2) is 48.9 Å². The van der Waals surface area contributed by atoms with E-state index in [1.807, 2.05) is 0 Å². The van der Waals surface area contributed by atoms with Crippen LogP contribution in [0.25, 0.3) is 0 Å². The van der Waals surface area contributed by atoms with E-state index in [0.29, 0.717) is 0 Å². The van der Waals surface area contributed by atoms with Crippen molar-refractivity contribution in [2.24, 2.45) is 0 Å². The summed E-state index contributed by atoms with van der Waals surface area (Å²) in [6, 6.07) is 1.81. The zero-order valence-corrected chi connectivity index (χ0v) is 11.3. The van der Waals surface area contributed by atoms with Gasteiger partial charge in [0.1, 0.15) is 0 Å². The summed E-state index contributed by atoms with van der Waals surface area (Å²) in [5.41, 5.74) is 0. The monoisotopic (exact) mass is 285 g/mol. The average molecular weight is 285 g/mol. The summed E-state index contributed by atoms with van der Waals surface area (Å²) < 4.78 is 20.1. The second-order valence-electron chi connectivity index (χ2n) is 4.18. The van der Waals surface area contributed by atoms with Crippen molar-refractivity contribution in [3.8, 4) is 6.07 Å². The maximum atomic E-state index is 11.1. The summed E-state index contributed by atoms with van der Waals surface area (Å²) in [6.45, 7) is 3.36. The topological polar surface area (TPSA) is 112 Å². The number of ether oxygens (including phenoxy) is 4. The van der Waals surface area contributed by atoms with Gasteiger partial charge < -0.3 is 18.9 Å². The van der Waals surface area contributed by atoms with E-state index in [2.05, 4.69) is 0 Å². The van der Waals surface area contributed by atoms with Crippen molar-refractivity contribution in [3.63, 3.8) is 0 Å². The van der Waals surface area contributed by atoms with E-state index in [1.54, 1.807) is 6.07 Å². The Hall–Kier alpha value is -2.14. The van der Waals surface area contributed by atoms with Gasteiger partial charge >= 0.3 is 17.9 Å². The molecule has 0 N–H and O–H groups in total. The predicted octanol–water partition coefficient (Wildman–Crippen LogP) is -0.296. The second-order valence-corrected chi connectivity index (χ2v) is 4.18. The van der Waals surface area contributed by atoms with Crippen molar-refractivity contribution in [3.05, 3.63) is 0 Å². The Bertz CT molecular complexity index is 442. The Morgan fingerprint density at radius 1 is 1.00 bits per heavy atom. The van der Waals surface area contributed by atoms with Crippen molar-refractivity contribution in [1.82, 2.24) is 0 Å². The Kier molecular flexibility index (Phi) is 5.46. The lowest BCUT2D eigenvalue weighted by molar-refractivity contribution is -0.217. The third kappa shape index (κ3) is 4.20. The Balaban J connectivity index is 2.99. The fraction of sp³-hybridized carbons (Fsp3) is 0.667. The van der Waals surface area contributed by atoms with E-state index in [4.69, 9.17) is 24.2 Å². The van der Waals surface area contributed by atoms with Gasteiger partial charge in [0, 0.05) is 20.8 Å². The van der Waals surface area contributed by atoms with Gasteiger partial charge in [-0.1, -0.05) is 0 Å². The van der Waals surface area contributed by atoms with Crippen LogP contribution in [0, 0.1) is 11.3 Å².